The molecule has 0 bridgehead atoms. The van der Waals surface area contributed by atoms with Gasteiger partial charge in [0.1, 0.15) is 11.8 Å². The number of benzene rings is 3. The highest BCUT2D eigenvalue weighted by Gasteiger charge is 2.39. The molecule has 186 valence electrons. The normalized spacial score (nSPS) is 19.8. The van der Waals surface area contributed by atoms with E-state index in [-0.39, 0.29) is 23.6 Å². The number of hydrogen-bond acceptors (Lipinski definition) is 4. The maximum atomic E-state index is 13.6. The molecule has 2 atom stereocenters. The Bertz CT molecular complexity index is 1270. The molecule has 2 aliphatic rings. The van der Waals surface area contributed by atoms with Gasteiger partial charge in [0.25, 0.3) is 5.91 Å². The number of fused-ring (bicyclic) bond motifs is 1. The monoisotopic (exact) mass is 485 g/mol. The standard InChI is InChI=1S/C29H31N3O4/c1-36-23-15-13-22(14-16-23)30-27(33)26-12-6-18-32(26)28(34)21-9-5-17-31(19-21)29(35)25-11-4-8-20-7-2-3-10-24(20)25/h2-4,7-8,10-11,13-16,21,26H,5-6,9,12,17-19H2,1H3,(H,30,33). The minimum atomic E-state index is -0.497. The zero-order valence-electron chi connectivity index (χ0n) is 20.5. The molecule has 5 rings (SSSR count). The molecule has 3 aromatic rings. The number of ether oxygens (including phenoxy) is 1. The van der Waals surface area contributed by atoms with Gasteiger partial charge in [-0.25, -0.2) is 0 Å². The third-order valence-electron chi connectivity index (χ3n) is 7.27. The number of carbonyl (C=O) groups excluding carboxylic acids is 3. The first-order valence-corrected chi connectivity index (χ1v) is 12.6. The predicted molar refractivity (Wildman–Crippen MR) is 139 cm³/mol. The Balaban J connectivity index is 1.27. The van der Waals surface area contributed by atoms with E-state index in [2.05, 4.69) is 5.32 Å². The number of anilines is 1. The van der Waals surface area contributed by atoms with Crippen LogP contribution in [0.15, 0.2) is 66.7 Å². The Hall–Kier alpha value is -3.87. The summed E-state index contributed by atoms with van der Waals surface area (Å²) in [5.74, 6) is 0.167. The second kappa shape index (κ2) is 10.4. The van der Waals surface area contributed by atoms with Crippen LogP contribution in [0.4, 0.5) is 5.69 Å². The van der Waals surface area contributed by atoms with Gasteiger partial charge in [0, 0.05) is 30.9 Å². The third kappa shape index (κ3) is 4.78. The van der Waals surface area contributed by atoms with E-state index in [1.807, 2.05) is 42.5 Å². The van der Waals surface area contributed by atoms with Crippen molar-refractivity contribution < 1.29 is 19.1 Å². The second-order valence-electron chi connectivity index (χ2n) is 9.52. The van der Waals surface area contributed by atoms with E-state index >= 15 is 0 Å². The Kier molecular flexibility index (Phi) is 6.89. The van der Waals surface area contributed by atoms with E-state index in [0.29, 0.717) is 43.1 Å². The molecule has 2 aliphatic heterocycles. The molecular weight excluding hydrogens is 454 g/mol. The highest BCUT2D eigenvalue weighted by molar-refractivity contribution is 6.07. The van der Waals surface area contributed by atoms with Gasteiger partial charge in [-0.05, 0) is 66.8 Å². The smallest absolute Gasteiger partial charge is 0.254 e. The van der Waals surface area contributed by atoms with Gasteiger partial charge < -0.3 is 19.9 Å². The molecular formula is C29H31N3O4. The molecule has 7 heteroatoms. The molecule has 2 heterocycles. The number of nitrogens with one attached hydrogen (secondary N) is 1. The van der Waals surface area contributed by atoms with Crippen molar-refractivity contribution in [2.45, 2.75) is 31.7 Å². The molecule has 0 aromatic heterocycles. The Morgan fingerprint density at radius 1 is 0.889 bits per heavy atom. The summed E-state index contributed by atoms with van der Waals surface area (Å²) in [5, 5.41) is 4.88. The average molecular weight is 486 g/mol. The fourth-order valence-electron chi connectivity index (χ4n) is 5.38. The van der Waals surface area contributed by atoms with Gasteiger partial charge in [-0.2, -0.15) is 0 Å². The first-order chi connectivity index (χ1) is 17.5. The molecule has 2 fully saturated rings. The van der Waals surface area contributed by atoms with Crippen LogP contribution in [0.25, 0.3) is 10.8 Å². The topological polar surface area (TPSA) is 79.0 Å². The third-order valence-corrected chi connectivity index (χ3v) is 7.27. The molecule has 0 saturated carbocycles. The summed E-state index contributed by atoms with van der Waals surface area (Å²) < 4.78 is 5.17. The number of piperidine rings is 1. The van der Waals surface area contributed by atoms with E-state index in [0.717, 1.165) is 30.0 Å². The quantitative estimate of drug-likeness (QED) is 0.584. The summed E-state index contributed by atoms with van der Waals surface area (Å²) in [6.45, 7) is 1.57. The van der Waals surface area contributed by atoms with Crippen LogP contribution in [0.3, 0.4) is 0 Å². The van der Waals surface area contributed by atoms with Crippen LogP contribution < -0.4 is 10.1 Å². The summed E-state index contributed by atoms with van der Waals surface area (Å²) in [6.07, 6.45) is 2.92. The molecule has 0 radical (unpaired) electrons. The van der Waals surface area contributed by atoms with Crippen molar-refractivity contribution in [2.75, 3.05) is 32.1 Å². The van der Waals surface area contributed by atoms with E-state index in [1.54, 1.807) is 41.2 Å². The number of amides is 3. The maximum Gasteiger partial charge on any atom is 0.254 e. The van der Waals surface area contributed by atoms with Crippen molar-refractivity contribution in [3.05, 3.63) is 72.3 Å². The first kappa shape index (κ1) is 23.9. The number of rotatable bonds is 5. The zero-order valence-corrected chi connectivity index (χ0v) is 20.5. The van der Waals surface area contributed by atoms with E-state index in [1.165, 1.54) is 0 Å². The van der Waals surface area contributed by atoms with Gasteiger partial charge in [-0.3, -0.25) is 14.4 Å². The van der Waals surface area contributed by atoms with Gasteiger partial charge in [0.15, 0.2) is 0 Å². The van der Waals surface area contributed by atoms with E-state index < -0.39 is 6.04 Å². The molecule has 1 N–H and O–H groups in total. The van der Waals surface area contributed by atoms with Crippen LogP contribution in [0.2, 0.25) is 0 Å². The lowest BCUT2D eigenvalue weighted by molar-refractivity contribution is -0.141. The molecule has 2 saturated heterocycles. The highest BCUT2D eigenvalue weighted by atomic mass is 16.5. The number of methoxy groups -OCH3 is 1. The van der Waals surface area contributed by atoms with Crippen molar-refractivity contribution >= 4 is 34.2 Å². The summed E-state index contributed by atoms with van der Waals surface area (Å²) in [7, 11) is 1.59. The Labute approximate surface area is 211 Å². The molecule has 3 amide bonds. The lowest BCUT2D eigenvalue weighted by atomic mass is 9.94. The lowest BCUT2D eigenvalue weighted by Gasteiger charge is -2.35. The summed E-state index contributed by atoms with van der Waals surface area (Å²) in [5.41, 5.74) is 1.34. The summed E-state index contributed by atoms with van der Waals surface area (Å²) in [4.78, 5) is 43.6. The maximum absolute atomic E-state index is 13.6. The predicted octanol–water partition coefficient (Wildman–Crippen LogP) is 4.33. The van der Waals surface area contributed by atoms with Crippen molar-refractivity contribution in [3.63, 3.8) is 0 Å². The Morgan fingerprint density at radius 3 is 2.44 bits per heavy atom. The molecule has 36 heavy (non-hydrogen) atoms. The van der Waals surface area contributed by atoms with Gasteiger partial charge in [-0.15, -0.1) is 0 Å². The average Bonchev–Trinajstić information content (AvgIpc) is 3.43. The zero-order chi connectivity index (χ0) is 25.1. The molecule has 3 aromatic carbocycles. The fourth-order valence-corrected chi connectivity index (χ4v) is 5.38. The van der Waals surface area contributed by atoms with Gasteiger partial charge in [0.2, 0.25) is 11.8 Å². The number of nitrogens with zero attached hydrogens (tertiary/aromatic N) is 2. The molecule has 2 unspecified atom stereocenters. The minimum Gasteiger partial charge on any atom is -0.497 e. The number of carbonyl (C=O) groups is 3. The van der Waals surface area contributed by atoms with Crippen LogP contribution >= 0.6 is 0 Å². The van der Waals surface area contributed by atoms with Crippen molar-refractivity contribution in [1.29, 1.82) is 0 Å². The highest BCUT2D eigenvalue weighted by Crippen LogP contribution is 2.28. The summed E-state index contributed by atoms with van der Waals surface area (Å²) in [6, 6.07) is 20.3. The van der Waals surface area contributed by atoms with Gasteiger partial charge >= 0.3 is 0 Å². The van der Waals surface area contributed by atoms with Crippen LogP contribution in [-0.2, 0) is 9.59 Å². The lowest BCUT2D eigenvalue weighted by Crippen LogP contribution is -2.50. The van der Waals surface area contributed by atoms with Gasteiger partial charge in [-0.1, -0.05) is 36.4 Å². The largest absolute Gasteiger partial charge is 0.497 e. The fraction of sp³-hybridized carbons (Fsp3) is 0.345. The molecule has 0 spiro atoms. The summed E-state index contributed by atoms with van der Waals surface area (Å²) >= 11 is 0. The van der Waals surface area contributed by atoms with Crippen molar-refractivity contribution in [1.82, 2.24) is 9.80 Å². The van der Waals surface area contributed by atoms with Gasteiger partial charge in [0.05, 0.1) is 13.0 Å². The second-order valence-corrected chi connectivity index (χ2v) is 9.52. The SMILES string of the molecule is COc1ccc(NC(=O)C2CCCN2C(=O)C2CCCN(C(=O)c3cccc4ccccc34)C2)cc1. The van der Waals surface area contributed by atoms with Crippen LogP contribution in [-0.4, -0.2) is 60.3 Å². The number of hydrogen-bond donors (Lipinski definition) is 1. The van der Waals surface area contributed by atoms with Crippen molar-refractivity contribution in [3.8, 4) is 5.75 Å². The Morgan fingerprint density at radius 2 is 1.64 bits per heavy atom. The van der Waals surface area contributed by atoms with Crippen molar-refractivity contribution in [2.24, 2.45) is 5.92 Å². The minimum absolute atomic E-state index is 0.0298. The first-order valence-electron chi connectivity index (χ1n) is 12.6. The van der Waals surface area contributed by atoms with Crippen LogP contribution in [0, 0.1) is 5.92 Å². The van der Waals surface area contributed by atoms with Crippen LogP contribution in [0.1, 0.15) is 36.0 Å². The molecule has 0 aliphatic carbocycles. The van der Waals surface area contributed by atoms with Crippen LogP contribution in [0.5, 0.6) is 5.75 Å². The number of likely N-dealkylation sites (tertiary alicyclic amines) is 2. The van der Waals surface area contributed by atoms with E-state index in [4.69, 9.17) is 4.74 Å². The molecule has 7 nitrogen and oxygen atoms in total. The van der Waals surface area contributed by atoms with E-state index in [9.17, 15) is 14.4 Å².